The molecule has 0 aliphatic heterocycles. The first-order chi connectivity index (χ1) is 8.09. The Kier molecular flexibility index (Phi) is 3.13. The number of carboxylic acids is 1. The Balaban J connectivity index is 1.91. The molecule has 1 aliphatic rings. The van der Waals surface area contributed by atoms with E-state index in [9.17, 15) is 9.59 Å². The van der Waals surface area contributed by atoms with Gasteiger partial charge in [-0.1, -0.05) is 30.3 Å². The quantitative estimate of drug-likeness (QED) is 0.854. The van der Waals surface area contributed by atoms with E-state index in [1.807, 2.05) is 30.3 Å². The van der Waals surface area contributed by atoms with Gasteiger partial charge >= 0.3 is 5.97 Å². The molecule has 1 fully saturated rings. The van der Waals surface area contributed by atoms with E-state index in [-0.39, 0.29) is 11.8 Å². The lowest BCUT2D eigenvalue weighted by atomic mass is 10.2. The maximum atomic E-state index is 11.9. The van der Waals surface area contributed by atoms with E-state index >= 15 is 0 Å². The molecule has 4 heteroatoms. The van der Waals surface area contributed by atoms with Gasteiger partial charge in [0, 0.05) is 13.6 Å². The summed E-state index contributed by atoms with van der Waals surface area (Å²) in [5, 5.41) is 8.77. The van der Waals surface area contributed by atoms with Crippen LogP contribution in [0.2, 0.25) is 0 Å². The summed E-state index contributed by atoms with van der Waals surface area (Å²) in [6.45, 7) is 0.530. The van der Waals surface area contributed by atoms with Crippen molar-refractivity contribution in [2.45, 2.75) is 13.0 Å². The summed E-state index contributed by atoms with van der Waals surface area (Å²) in [7, 11) is 1.71. The van der Waals surface area contributed by atoms with Crippen LogP contribution in [0.25, 0.3) is 0 Å². The monoisotopic (exact) mass is 233 g/mol. The molecular weight excluding hydrogens is 218 g/mol. The lowest BCUT2D eigenvalue weighted by molar-refractivity contribution is -0.141. The molecule has 0 saturated heterocycles. The number of carboxylic acid groups (broad SMARTS) is 1. The van der Waals surface area contributed by atoms with Crippen molar-refractivity contribution in [2.24, 2.45) is 11.8 Å². The summed E-state index contributed by atoms with van der Waals surface area (Å²) < 4.78 is 0. The van der Waals surface area contributed by atoms with Crippen molar-refractivity contribution in [2.75, 3.05) is 7.05 Å². The van der Waals surface area contributed by atoms with E-state index < -0.39 is 11.9 Å². The average molecular weight is 233 g/mol. The van der Waals surface area contributed by atoms with Crippen LogP contribution >= 0.6 is 0 Å². The smallest absolute Gasteiger partial charge is 0.307 e. The van der Waals surface area contributed by atoms with E-state index in [0.717, 1.165) is 5.56 Å². The second kappa shape index (κ2) is 4.57. The number of hydrogen-bond donors (Lipinski definition) is 1. The van der Waals surface area contributed by atoms with Crippen LogP contribution in [0.15, 0.2) is 30.3 Å². The minimum absolute atomic E-state index is 0.0683. The van der Waals surface area contributed by atoms with Gasteiger partial charge in [-0.15, -0.1) is 0 Å². The summed E-state index contributed by atoms with van der Waals surface area (Å²) >= 11 is 0. The van der Waals surface area contributed by atoms with Crippen molar-refractivity contribution >= 4 is 11.9 Å². The molecule has 0 bridgehead atoms. The zero-order chi connectivity index (χ0) is 12.4. The van der Waals surface area contributed by atoms with Crippen LogP contribution < -0.4 is 0 Å². The topological polar surface area (TPSA) is 57.6 Å². The minimum Gasteiger partial charge on any atom is -0.481 e. The molecule has 17 heavy (non-hydrogen) atoms. The second-order valence-electron chi connectivity index (χ2n) is 4.47. The standard InChI is InChI=1S/C13H15NO3/c1-14(8-9-5-3-2-4-6-9)12(15)10-7-11(10)13(16)17/h2-6,10-11H,7-8H2,1H3,(H,16,17)/t10-,11+/m1/s1. The van der Waals surface area contributed by atoms with Gasteiger partial charge in [-0.2, -0.15) is 0 Å². The molecule has 2 rings (SSSR count). The molecular formula is C13H15NO3. The van der Waals surface area contributed by atoms with Crippen LogP contribution in [0.5, 0.6) is 0 Å². The van der Waals surface area contributed by atoms with Crippen LogP contribution in [0, 0.1) is 11.8 Å². The minimum atomic E-state index is -0.864. The number of hydrogen-bond acceptors (Lipinski definition) is 2. The lowest BCUT2D eigenvalue weighted by Gasteiger charge is -2.17. The molecule has 0 unspecified atom stereocenters. The Labute approximate surface area is 99.9 Å². The molecule has 1 aromatic rings. The summed E-state index contributed by atoms with van der Waals surface area (Å²) in [5.74, 6) is -1.72. The fourth-order valence-corrected chi connectivity index (χ4v) is 1.96. The Morgan fingerprint density at radius 2 is 1.94 bits per heavy atom. The number of carbonyl (C=O) groups excluding carboxylic acids is 1. The number of benzene rings is 1. The van der Waals surface area contributed by atoms with E-state index in [1.165, 1.54) is 0 Å². The van der Waals surface area contributed by atoms with E-state index in [4.69, 9.17) is 5.11 Å². The fraction of sp³-hybridized carbons (Fsp3) is 0.385. The van der Waals surface area contributed by atoms with Gasteiger partial charge in [0.25, 0.3) is 0 Å². The highest BCUT2D eigenvalue weighted by Gasteiger charge is 2.49. The zero-order valence-corrected chi connectivity index (χ0v) is 9.67. The third kappa shape index (κ3) is 2.64. The van der Waals surface area contributed by atoms with Crippen molar-refractivity contribution in [3.63, 3.8) is 0 Å². The SMILES string of the molecule is CN(Cc1ccccc1)C(=O)[C@@H]1C[C@@H]1C(=O)O. The first kappa shape index (κ1) is 11.6. The van der Waals surface area contributed by atoms with E-state index in [1.54, 1.807) is 11.9 Å². The molecule has 0 radical (unpaired) electrons. The summed E-state index contributed by atoms with van der Waals surface area (Å²) in [4.78, 5) is 24.2. The van der Waals surface area contributed by atoms with Crippen LogP contribution in [0.1, 0.15) is 12.0 Å². The third-order valence-corrected chi connectivity index (χ3v) is 3.06. The summed E-state index contributed by atoms with van der Waals surface area (Å²) in [6, 6.07) is 9.67. The van der Waals surface area contributed by atoms with Gasteiger partial charge in [0.1, 0.15) is 0 Å². The van der Waals surface area contributed by atoms with Gasteiger partial charge in [-0.05, 0) is 12.0 Å². The van der Waals surface area contributed by atoms with Crippen molar-refractivity contribution in [1.29, 1.82) is 0 Å². The normalized spacial score (nSPS) is 21.9. The molecule has 1 aromatic carbocycles. The number of nitrogens with zero attached hydrogens (tertiary/aromatic N) is 1. The molecule has 2 atom stereocenters. The molecule has 1 amide bonds. The maximum Gasteiger partial charge on any atom is 0.307 e. The van der Waals surface area contributed by atoms with Gasteiger partial charge in [0.2, 0.25) is 5.91 Å². The molecule has 0 aromatic heterocycles. The highest BCUT2D eigenvalue weighted by molar-refractivity contribution is 5.89. The molecule has 0 spiro atoms. The Morgan fingerprint density at radius 3 is 2.47 bits per heavy atom. The largest absolute Gasteiger partial charge is 0.481 e. The molecule has 90 valence electrons. The predicted octanol–water partition coefficient (Wildman–Crippen LogP) is 1.37. The molecule has 1 N–H and O–H groups in total. The van der Waals surface area contributed by atoms with Crippen LogP contribution in [0.3, 0.4) is 0 Å². The van der Waals surface area contributed by atoms with Crippen molar-refractivity contribution in [3.8, 4) is 0 Å². The first-order valence-electron chi connectivity index (χ1n) is 5.61. The van der Waals surface area contributed by atoms with Crippen LogP contribution in [-0.2, 0) is 16.1 Å². The molecule has 1 saturated carbocycles. The van der Waals surface area contributed by atoms with Crippen LogP contribution in [-0.4, -0.2) is 28.9 Å². The second-order valence-corrected chi connectivity index (χ2v) is 4.47. The van der Waals surface area contributed by atoms with Gasteiger partial charge in [0.15, 0.2) is 0 Å². The molecule has 0 heterocycles. The number of rotatable bonds is 4. The van der Waals surface area contributed by atoms with Gasteiger partial charge < -0.3 is 10.0 Å². The van der Waals surface area contributed by atoms with Gasteiger partial charge in [-0.25, -0.2) is 0 Å². The van der Waals surface area contributed by atoms with E-state index in [2.05, 4.69) is 0 Å². The lowest BCUT2D eigenvalue weighted by Crippen LogP contribution is -2.28. The van der Waals surface area contributed by atoms with Gasteiger partial charge in [0.05, 0.1) is 11.8 Å². The highest BCUT2D eigenvalue weighted by Crippen LogP contribution is 2.40. The van der Waals surface area contributed by atoms with Crippen molar-refractivity contribution in [3.05, 3.63) is 35.9 Å². The maximum absolute atomic E-state index is 11.9. The predicted molar refractivity (Wildman–Crippen MR) is 62.1 cm³/mol. The Hall–Kier alpha value is -1.84. The number of aliphatic carboxylic acids is 1. The highest BCUT2D eigenvalue weighted by atomic mass is 16.4. The first-order valence-corrected chi connectivity index (χ1v) is 5.61. The molecule has 1 aliphatic carbocycles. The third-order valence-electron chi connectivity index (χ3n) is 3.06. The zero-order valence-electron chi connectivity index (χ0n) is 9.67. The number of carbonyl (C=O) groups is 2. The Morgan fingerprint density at radius 1 is 1.29 bits per heavy atom. The van der Waals surface area contributed by atoms with Crippen molar-refractivity contribution in [1.82, 2.24) is 4.90 Å². The van der Waals surface area contributed by atoms with E-state index in [0.29, 0.717) is 13.0 Å². The fourth-order valence-electron chi connectivity index (χ4n) is 1.96. The molecule has 4 nitrogen and oxygen atoms in total. The Bertz CT molecular complexity index is 430. The van der Waals surface area contributed by atoms with Crippen molar-refractivity contribution < 1.29 is 14.7 Å². The van der Waals surface area contributed by atoms with Gasteiger partial charge in [-0.3, -0.25) is 9.59 Å². The summed E-state index contributed by atoms with van der Waals surface area (Å²) in [6.07, 6.45) is 0.479. The average Bonchev–Trinajstić information content (AvgIpc) is 3.09. The number of amides is 1. The van der Waals surface area contributed by atoms with Crippen LogP contribution in [0.4, 0.5) is 0 Å². The summed E-state index contributed by atoms with van der Waals surface area (Å²) in [5.41, 5.74) is 1.05.